The average molecular weight is 349 g/mol. The second-order valence-electron chi connectivity index (χ2n) is 6.19. The number of piperazine rings is 1. The molecule has 3 rings (SSSR count). The van der Waals surface area contributed by atoms with Crippen LogP contribution in [0.15, 0.2) is 18.6 Å². The van der Waals surface area contributed by atoms with Gasteiger partial charge in [0, 0.05) is 45.0 Å². The molecule has 8 heteroatoms. The lowest BCUT2D eigenvalue weighted by Crippen LogP contribution is -2.49. The zero-order valence-corrected chi connectivity index (χ0v) is 14.8. The van der Waals surface area contributed by atoms with Crippen molar-refractivity contribution in [3.63, 3.8) is 0 Å². The number of aryl methyl sites for hydroxylation is 1. The fraction of sp³-hybridized carbons (Fsp3) is 0.500. The molecule has 0 saturated carbocycles. The number of amides is 1. The molecule has 2 aromatic rings. The zero-order chi connectivity index (χ0) is 17.3. The predicted octanol–water partition coefficient (Wildman–Crippen LogP) is 1.77. The molecule has 0 radical (unpaired) electrons. The molecule has 128 valence electrons. The number of nitrogens with zero attached hydrogens (tertiary/aromatic N) is 5. The molecule has 24 heavy (non-hydrogen) atoms. The minimum atomic E-state index is -0.182. The highest BCUT2D eigenvalue weighted by Gasteiger charge is 2.32. The lowest BCUT2D eigenvalue weighted by Gasteiger charge is -2.35. The van der Waals surface area contributed by atoms with Crippen molar-refractivity contribution in [2.45, 2.75) is 25.8 Å². The van der Waals surface area contributed by atoms with Gasteiger partial charge in [0.1, 0.15) is 17.7 Å². The van der Waals surface area contributed by atoms with Crippen molar-refractivity contribution in [1.29, 1.82) is 0 Å². The normalized spacial score (nSPS) is 18.2. The van der Waals surface area contributed by atoms with E-state index in [1.54, 1.807) is 11.1 Å². The topological polar surface area (TPSA) is 75.9 Å². The van der Waals surface area contributed by atoms with Crippen LogP contribution in [0.5, 0.6) is 0 Å². The Balaban J connectivity index is 1.95. The van der Waals surface area contributed by atoms with Crippen molar-refractivity contribution >= 4 is 17.5 Å². The molecule has 1 unspecified atom stereocenters. The predicted molar refractivity (Wildman–Crippen MR) is 91.0 cm³/mol. The molecule has 0 spiro atoms. The van der Waals surface area contributed by atoms with Crippen LogP contribution in [0.3, 0.4) is 0 Å². The van der Waals surface area contributed by atoms with Crippen molar-refractivity contribution in [2.24, 2.45) is 7.05 Å². The van der Waals surface area contributed by atoms with Gasteiger partial charge in [-0.05, 0) is 0 Å². The molecule has 0 aromatic carbocycles. The molecule has 7 nitrogen and oxygen atoms in total. The van der Waals surface area contributed by atoms with Gasteiger partial charge in [-0.15, -0.1) is 0 Å². The Labute approximate surface area is 146 Å². The minimum Gasteiger partial charge on any atom is -0.336 e. The zero-order valence-electron chi connectivity index (χ0n) is 14.0. The summed E-state index contributed by atoms with van der Waals surface area (Å²) in [6.07, 6.45) is 5.12. The van der Waals surface area contributed by atoms with Gasteiger partial charge in [0.15, 0.2) is 5.69 Å². The van der Waals surface area contributed by atoms with Crippen LogP contribution in [-0.4, -0.2) is 50.0 Å². The lowest BCUT2D eigenvalue weighted by molar-refractivity contribution is 0.0614. The maximum absolute atomic E-state index is 13.1. The summed E-state index contributed by atoms with van der Waals surface area (Å²) in [5, 5.41) is 3.60. The van der Waals surface area contributed by atoms with Gasteiger partial charge in [0.25, 0.3) is 5.91 Å². The first-order chi connectivity index (χ1) is 11.5. The summed E-state index contributed by atoms with van der Waals surface area (Å²) >= 11 is 6.21. The van der Waals surface area contributed by atoms with Gasteiger partial charge in [0.05, 0.1) is 11.2 Å². The third-order valence-corrected chi connectivity index (χ3v) is 4.42. The Morgan fingerprint density at radius 1 is 1.42 bits per heavy atom. The summed E-state index contributed by atoms with van der Waals surface area (Å²) in [7, 11) is 1.92. The third kappa shape index (κ3) is 3.14. The molecule has 0 aliphatic carbocycles. The number of hydrogen-bond donors (Lipinski definition) is 1. The summed E-state index contributed by atoms with van der Waals surface area (Å²) in [5.41, 5.74) is 0.261. The molecule has 0 bridgehead atoms. The lowest BCUT2D eigenvalue weighted by atomic mass is 10.1. The molecule has 1 aliphatic heterocycles. The van der Waals surface area contributed by atoms with Crippen LogP contribution in [0.2, 0.25) is 5.02 Å². The van der Waals surface area contributed by atoms with E-state index in [0.717, 1.165) is 12.4 Å². The molecule has 1 saturated heterocycles. The van der Waals surface area contributed by atoms with Crippen molar-refractivity contribution < 1.29 is 4.79 Å². The van der Waals surface area contributed by atoms with Crippen LogP contribution in [0.25, 0.3) is 0 Å². The second-order valence-corrected chi connectivity index (χ2v) is 6.60. The molecule has 1 fully saturated rings. The molecular formula is C16H21ClN6O. The molecule has 1 atom stereocenters. The van der Waals surface area contributed by atoms with E-state index in [4.69, 9.17) is 11.6 Å². The molecule has 3 heterocycles. The van der Waals surface area contributed by atoms with Gasteiger partial charge in [-0.25, -0.2) is 15.0 Å². The van der Waals surface area contributed by atoms with E-state index in [0.29, 0.717) is 18.9 Å². The number of nitrogens with one attached hydrogen (secondary N) is 1. The SMILES string of the molecule is CC(C)c1ncc(Cl)c(C(=O)N2CCNCC2c2nccn2C)n1. The van der Waals surface area contributed by atoms with Gasteiger partial charge in [0.2, 0.25) is 0 Å². The van der Waals surface area contributed by atoms with Crippen molar-refractivity contribution in [3.05, 3.63) is 41.0 Å². The van der Waals surface area contributed by atoms with E-state index in [-0.39, 0.29) is 28.6 Å². The van der Waals surface area contributed by atoms with E-state index >= 15 is 0 Å². The van der Waals surface area contributed by atoms with Crippen molar-refractivity contribution in [1.82, 2.24) is 29.7 Å². The first kappa shape index (κ1) is 16.9. The fourth-order valence-electron chi connectivity index (χ4n) is 2.82. The van der Waals surface area contributed by atoms with E-state index in [1.165, 1.54) is 6.20 Å². The highest BCUT2D eigenvalue weighted by atomic mass is 35.5. The number of aromatic nitrogens is 4. The highest BCUT2D eigenvalue weighted by Crippen LogP contribution is 2.25. The standard InChI is InChI=1S/C16H21ClN6O/c1-10(2)14-20-8-11(17)13(21-14)16(24)23-7-4-18-9-12(23)15-19-5-6-22(15)3/h5-6,8,10,12,18H,4,7,9H2,1-3H3. The maximum atomic E-state index is 13.1. The Morgan fingerprint density at radius 3 is 2.88 bits per heavy atom. The van der Waals surface area contributed by atoms with Crippen LogP contribution in [0.1, 0.15) is 47.9 Å². The number of rotatable bonds is 3. The van der Waals surface area contributed by atoms with E-state index in [2.05, 4.69) is 20.3 Å². The smallest absolute Gasteiger partial charge is 0.274 e. The Hall–Kier alpha value is -1.99. The van der Waals surface area contributed by atoms with E-state index in [9.17, 15) is 4.79 Å². The molecule has 2 aromatic heterocycles. The molecule has 1 N–H and O–H groups in total. The summed E-state index contributed by atoms with van der Waals surface area (Å²) in [4.78, 5) is 27.9. The highest BCUT2D eigenvalue weighted by molar-refractivity contribution is 6.33. The average Bonchev–Trinajstić information content (AvgIpc) is 3.00. The molecule has 1 amide bonds. The van der Waals surface area contributed by atoms with E-state index < -0.39 is 0 Å². The summed E-state index contributed by atoms with van der Waals surface area (Å²) < 4.78 is 1.93. The third-order valence-electron chi connectivity index (χ3n) is 4.14. The van der Waals surface area contributed by atoms with Gasteiger partial charge in [-0.2, -0.15) is 0 Å². The second kappa shape index (κ2) is 6.86. The van der Waals surface area contributed by atoms with Gasteiger partial charge >= 0.3 is 0 Å². The summed E-state index contributed by atoms with van der Waals surface area (Å²) in [6, 6.07) is -0.153. The van der Waals surface area contributed by atoms with Crippen molar-refractivity contribution in [3.8, 4) is 0 Å². The molecule has 1 aliphatic rings. The first-order valence-corrected chi connectivity index (χ1v) is 8.38. The first-order valence-electron chi connectivity index (χ1n) is 8.00. The van der Waals surface area contributed by atoms with Crippen LogP contribution >= 0.6 is 11.6 Å². The van der Waals surface area contributed by atoms with E-state index in [1.807, 2.05) is 31.7 Å². The minimum absolute atomic E-state index is 0.127. The summed E-state index contributed by atoms with van der Waals surface area (Å²) in [6.45, 7) is 5.93. The number of imidazole rings is 1. The Morgan fingerprint density at radius 2 is 2.21 bits per heavy atom. The van der Waals surface area contributed by atoms with Crippen molar-refractivity contribution in [2.75, 3.05) is 19.6 Å². The quantitative estimate of drug-likeness (QED) is 0.915. The number of halogens is 1. The van der Waals surface area contributed by atoms with Gasteiger partial charge in [-0.3, -0.25) is 4.79 Å². The maximum Gasteiger partial charge on any atom is 0.274 e. The monoisotopic (exact) mass is 348 g/mol. The molecular weight excluding hydrogens is 328 g/mol. The Bertz CT molecular complexity index is 744. The number of hydrogen-bond acceptors (Lipinski definition) is 5. The van der Waals surface area contributed by atoms with Gasteiger partial charge < -0.3 is 14.8 Å². The van der Waals surface area contributed by atoms with Crippen LogP contribution in [-0.2, 0) is 7.05 Å². The number of carbonyl (C=O) groups excluding carboxylic acids is 1. The fourth-order valence-corrected chi connectivity index (χ4v) is 2.99. The van der Waals surface area contributed by atoms with Crippen LogP contribution in [0, 0.1) is 0 Å². The Kier molecular flexibility index (Phi) is 4.82. The largest absolute Gasteiger partial charge is 0.336 e. The summed E-state index contributed by atoms with van der Waals surface area (Å²) in [5.74, 6) is 1.40. The van der Waals surface area contributed by atoms with Crippen LogP contribution in [0.4, 0.5) is 0 Å². The van der Waals surface area contributed by atoms with Crippen LogP contribution < -0.4 is 5.32 Å². The number of carbonyl (C=O) groups is 1. The van der Waals surface area contributed by atoms with Gasteiger partial charge in [-0.1, -0.05) is 25.4 Å².